The Morgan fingerprint density at radius 2 is 1.72 bits per heavy atom. The number of benzene rings is 2. The number of nitrogens with one attached hydrogen (secondary N) is 1. The van der Waals surface area contributed by atoms with E-state index in [2.05, 4.69) is 0 Å². The summed E-state index contributed by atoms with van der Waals surface area (Å²) >= 11 is 0. The molecule has 1 aliphatic carbocycles. The van der Waals surface area contributed by atoms with Crippen LogP contribution in [0.15, 0.2) is 53.7 Å². The zero-order chi connectivity index (χ0) is 26.6. The van der Waals surface area contributed by atoms with Gasteiger partial charge in [-0.05, 0) is 67.1 Å². The van der Waals surface area contributed by atoms with Gasteiger partial charge in [0.15, 0.2) is 5.78 Å². The number of methoxy groups -OCH3 is 1. The molecule has 2 aromatic rings. The lowest BCUT2D eigenvalue weighted by Gasteiger charge is -2.35. The van der Waals surface area contributed by atoms with E-state index in [0.29, 0.717) is 0 Å². The first-order valence-corrected chi connectivity index (χ1v) is 11.4. The van der Waals surface area contributed by atoms with Crippen LogP contribution in [0.3, 0.4) is 0 Å². The van der Waals surface area contributed by atoms with Crippen LogP contribution in [0, 0.1) is 19.3 Å². The van der Waals surface area contributed by atoms with Gasteiger partial charge in [0.25, 0.3) is 11.8 Å². The predicted molar refractivity (Wildman–Crippen MR) is 128 cm³/mol. The second-order valence-corrected chi connectivity index (χ2v) is 10.1. The van der Waals surface area contributed by atoms with E-state index in [4.69, 9.17) is 4.74 Å². The largest absolute Gasteiger partial charge is 0.497 e. The summed E-state index contributed by atoms with van der Waals surface area (Å²) in [5.41, 5.74) is -3.20. The molecule has 6 nitrogen and oxygen atoms in total. The number of aryl methyl sites for hydroxylation is 2. The first-order chi connectivity index (χ1) is 16.7. The Kier molecular flexibility index (Phi) is 6.01. The topological polar surface area (TPSA) is 75.7 Å². The van der Waals surface area contributed by atoms with E-state index in [1.54, 1.807) is 39.0 Å². The lowest BCUT2D eigenvalue weighted by atomic mass is 9.72. The van der Waals surface area contributed by atoms with Gasteiger partial charge in [0.1, 0.15) is 5.75 Å². The first-order valence-electron chi connectivity index (χ1n) is 11.4. The summed E-state index contributed by atoms with van der Waals surface area (Å²) in [6, 6.07) is 10.4. The third-order valence-corrected chi connectivity index (χ3v) is 6.83. The van der Waals surface area contributed by atoms with Gasteiger partial charge in [-0.3, -0.25) is 19.3 Å². The molecule has 0 fully saturated rings. The Balaban J connectivity index is 1.94. The second-order valence-electron chi connectivity index (χ2n) is 10.1. The fourth-order valence-electron chi connectivity index (χ4n) is 4.90. The summed E-state index contributed by atoms with van der Waals surface area (Å²) in [6.45, 7) is 7.16. The number of anilines is 1. The van der Waals surface area contributed by atoms with E-state index in [1.807, 2.05) is 12.2 Å². The maximum Gasteiger partial charge on any atom is 0.425 e. The number of nitrogens with zero attached hydrogens (tertiary/aromatic N) is 1. The van der Waals surface area contributed by atoms with Crippen molar-refractivity contribution in [3.8, 4) is 5.75 Å². The van der Waals surface area contributed by atoms with Gasteiger partial charge in [0, 0.05) is 23.4 Å². The molecule has 1 atom stereocenters. The van der Waals surface area contributed by atoms with Gasteiger partial charge in [0.05, 0.1) is 12.7 Å². The zero-order valence-electron chi connectivity index (χ0n) is 20.7. The molecule has 0 saturated carbocycles. The van der Waals surface area contributed by atoms with Gasteiger partial charge in [-0.1, -0.05) is 26.0 Å². The smallest absolute Gasteiger partial charge is 0.425 e. The minimum absolute atomic E-state index is 0.0345. The molecule has 0 bridgehead atoms. The highest BCUT2D eigenvalue weighted by atomic mass is 19.4. The number of rotatable bonds is 4. The molecule has 2 aromatic carbocycles. The number of carbonyl (C=O) groups is 3. The van der Waals surface area contributed by atoms with E-state index >= 15 is 0 Å². The number of Topliss-reactive ketones (excluding diaryl/α,β-unsaturated/α-hetero) is 1. The summed E-state index contributed by atoms with van der Waals surface area (Å²) in [5.74, 6) is -3.13. The number of hydrogen-bond donors (Lipinski definition) is 1. The number of ether oxygens (including phenoxy) is 1. The van der Waals surface area contributed by atoms with Crippen molar-refractivity contribution in [2.24, 2.45) is 5.41 Å². The van der Waals surface area contributed by atoms with Gasteiger partial charge in [-0.15, -0.1) is 0 Å². The van der Waals surface area contributed by atoms with Crippen molar-refractivity contribution in [1.82, 2.24) is 5.32 Å². The normalized spacial score (nSPS) is 21.5. The van der Waals surface area contributed by atoms with Crippen LogP contribution in [0.1, 0.15) is 48.2 Å². The van der Waals surface area contributed by atoms with Crippen LogP contribution in [0.5, 0.6) is 5.75 Å². The molecule has 0 radical (unpaired) electrons. The Labute approximate surface area is 207 Å². The Morgan fingerprint density at radius 3 is 2.33 bits per heavy atom. The molecule has 36 heavy (non-hydrogen) atoms. The number of alkyl halides is 3. The lowest BCUT2D eigenvalue weighted by Crippen LogP contribution is -2.66. The van der Waals surface area contributed by atoms with Crippen LogP contribution in [-0.4, -0.2) is 36.4 Å². The number of amides is 2. The fraction of sp³-hybridized carbons (Fsp3) is 0.370. The number of allylic oxidation sites excluding steroid dienone is 1. The highest BCUT2D eigenvalue weighted by molar-refractivity contribution is 6.21. The first kappa shape index (κ1) is 25.5. The van der Waals surface area contributed by atoms with Crippen molar-refractivity contribution < 1.29 is 32.3 Å². The highest BCUT2D eigenvalue weighted by Gasteiger charge is 2.72. The van der Waals surface area contributed by atoms with Crippen molar-refractivity contribution in [3.63, 3.8) is 0 Å². The van der Waals surface area contributed by atoms with E-state index < -0.39 is 40.3 Å². The molecule has 1 heterocycles. The summed E-state index contributed by atoms with van der Waals surface area (Å²) < 4.78 is 50.0. The molecule has 0 saturated heterocycles. The molecular formula is C27H27F3N2O4. The van der Waals surface area contributed by atoms with Gasteiger partial charge >= 0.3 is 6.18 Å². The van der Waals surface area contributed by atoms with E-state index in [0.717, 1.165) is 16.0 Å². The molecule has 190 valence electrons. The van der Waals surface area contributed by atoms with E-state index in [1.165, 1.54) is 31.4 Å². The third-order valence-electron chi connectivity index (χ3n) is 6.83. The van der Waals surface area contributed by atoms with Crippen LogP contribution < -0.4 is 15.0 Å². The second kappa shape index (κ2) is 8.50. The van der Waals surface area contributed by atoms with Crippen molar-refractivity contribution in [3.05, 3.63) is 70.4 Å². The summed E-state index contributed by atoms with van der Waals surface area (Å²) in [7, 11) is 1.36. The Morgan fingerprint density at radius 1 is 1.03 bits per heavy atom. The molecule has 0 spiro atoms. The summed E-state index contributed by atoms with van der Waals surface area (Å²) in [5, 5.41) is 1.94. The quantitative estimate of drug-likeness (QED) is 0.639. The highest BCUT2D eigenvalue weighted by Crippen LogP contribution is 2.53. The SMILES string of the molecule is COc1cccc(C(=O)NC2(C(F)(F)F)C(=O)N(c3ccc(C)c(C)c3)C3=C2C(=O)CC(C)(C)C3)c1. The molecule has 2 amide bonds. The Bertz CT molecular complexity index is 1310. The van der Waals surface area contributed by atoms with Gasteiger partial charge in [-0.2, -0.15) is 13.2 Å². The average Bonchev–Trinajstić information content (AvgIpc) is 3.03. The fourth-order valence-corrected chi connectivity index (χ4v) is 4.90. The van der Waals surface area contributed by atoms with Crippen molar-refractivity contribution in [2.45, 2.75) is 52.3 Å². The molecule has 1 N–H and O–H groups in total. The van der Waals surface area contributed by atoms with Crippen LogP contribution in [0.25, 0.3) is 0 Å². The molecule has 1 unspecified atom stereocenters. The van der Waals surface area contributed by atoms with E-state index in [9.17, 15) is 27.6 Å². The van der Waals surface area contributed by atoms with Crippen molar-refractivity contribution in [1.29, 1.82) is 0 Å². The van der Waals surface area contributed by atoms with Gasteiger partial charge in [0.2, 0.25) is 5.54 Å². The third kappa shape index (κ3) is 3.96. The number of carbonyl (C=O) groups excluding carboxylic acids is 3. The molecule has 4 rings (SSSR count). The zero-order valence-corrected chi connectivity index (χ0v) is 20.7. The standard InChI is InChI=1S/C27H27F3N2O4/c1-15-9-10-18(11-16(15)2)32-20-13-25(3,4)14-21(33)22(20)26(24(32)35,27(28,29)30)31-23(34)17-7-6-8-19(12-17)36-5/h6-12H,13-14H2,1-5H3,(H,31,34). The van der Waals surface area contributed by atoms with Gasteiger partial charge in [-0.25, -0.2) is 0 Å². The predicted octanol–water partition coefficient (Wildman–Crippen LogP) is 5.03. The average molecular weight is 501 g/mol. The maximum absolute atomic E-state index is 15.0. The lowest BCUT2D eigenvalue weighted by molar-refractivity contribution is -0.186. The summed E-state index contributed by atoms with van der Waals surface area (Å²) in [6.07, 6.45) is -5.42. The molecule has 1 aliphatic heterocycles. The minimum atomic E-state index is -5.29. The summed E-state index contributed by atoms with van der Waals surface area (Å²) in [4.78, 5) is 41.3. The van der Waals surface area contributed by atoms with Crippen LogP contribution in [0.4, 0.5) is 18.9 Å². The molecule has 0 aromatic heterocycles. The van der Waals surface area contributed by atoms with Crippen molar-refractivity contribution >= 4 is 23.3 Å². The minimum Gasteiger partial charge on any atom is -0.497 e. The van der Waals surface area contributed by atoms with Crippen LogP contribution in [-0.2, 0) is 9.59 Å². The number of hydrogen-bond acceptors (Lipinski definition) is 4. The van der Waals surface area contributed by atoms with E-state index in [-0.39, 0.29) is 35.5 Å². The maximum atomic E-state index is 15.0. The van der Waals surface area contributed by atoms with Crippen molar-refractivity contribution in [2.75, 3.05) is 12.0 Å². The number of ketones is 1. The van der Waals surface area contributed by atoms with Crippen LogP contribution >= 0.6 is 0 Å². The molecule has 2 aliphatic rings. The number of halogens is 3. The molecular weight excluding hydrogens is 473 g/mol. The Hall–Kier alpha value is -3.62. The molecule has 9 heteroatoms. The van der Waals surface area contributed by atoms with Gasteiger partial charge < -0.3 is 10.1 Å². The van der Waals surface area contributed by atoms with Crippen LogP contribution in [0.2, 0.25) is 0 Å². The monoisotopic (exact) mass is 500 g/mol.